The Hall–Kier alpha value is -1.32. The number of rotatable bonds is 6. The van der Waals surface area contributed by atoms with E-state index in [4.69, 9.17) is 4.74 Å². The fourth-order valence-electron chi connectivity index (χ4n) is 2.12. The van der Waals surface area contributed by atoms with Crippen LogP contribution in [-0.2, 0) is 6.42 Å². The lowest BCUT2D eigenvalue weighted by Gasteiger charge is -2.13. The van der Waals surface area contributed by atoms with Crippen LogP contribution in [0.4, 0.5) is 0 Å². The summed E-state index contributed by atoms with van der Waals surface area (Å²) in [5.41, 5.74) is 1.26. The number of para-hydroxylation sites is 1. The quantitative estimate of drug-likeness (QED) is 0.861. The molecule has 0 saturated carbocycles. The van der Waals surface area contributed by atoms with Gasteiger partial charge in [-0.2, -0.15) is 0 Å². The van der Waals surface area contributed by atoms with Gasteiger partial charge in [0.05, 0.1) is 7.11 Å². The Morgan fingerprint density at radius 3 is 2.68 bits per heavy atom. The van der Waals surface area contributed by atoms with Crippen molar-refractivity contribution in [1.82, 2.24) is 5.32 Å². The molecule has 2 rings (SSSR count). The largest absolute Gasteiger partial charge is 0.496 e. The summed E-state index contributed by atoms with van der Waals surface area (Å²) in [6.45, 7) is 5.32. The highest BCUT2D eigenvalue weighted by molar-refractivity contribution is 7.12. The van der Waals surface area contributed by atoms with E-state index in [9.17, 15) is 0 Å². The lowest BCUT2D eigenvalue weighted by Crippen LogP contribution is -2.20. The molecule has 1 heterocycles. The number of hydrogen-bond donors (Lipinski definition) is 1. The van der Waals surface area contributed by atoms with Gasteiger partial charge >= 0.3 is 0 Å². The van der Waals surface area contributed by atoms with E-state index in [-0.39, 0.29) is 0 Å². The van der Waals surface area contributed by atoms with E-state index in [1.54, 1.807) is 7.11 Å². The minimum absolute atomic E-state index is 0.411. The topological polar surface area (TPSA) is 21.3 Å². The number of benzene rings is 1. The maximum absolute atomic E-state index is 5.37. The molecule has 0 aliphatic carbocycles. The van der Waals surface area contributed by atoms with Crippen LogP contribution in [0.5, 0.6) is 5.75 Å². The molecular formula is C16H21NOS. The molecule has 19 heavy (non-hydrogen) atoms. The van der Waals surface area contributed by atoms with Crippen LogP contribution in [0.25, 0.3) is 0 Å². The zero-order valence-corrected chi connectivity index (χ0v) is 12.6. The van der Waals surface area contributed by atoms with Gasteiger partial charge in [-0.3, -0.25) is 0 Å². The maximum atomic E-state index is 5.37. The first kappa shape index (κ1) is 14.1. The molecular weight excluding hydrogens is 254 g/mol. The van der Waals surface area contributed by atoms with E-state index in [1.165, 1.54) is 15.3 Å². The average Bonchev–Trinajstić information content (AvgIpc) is 2.86. The Balaban J connectivity index is 1.86. The Morgan fingerprint density at radius 2 is 2.00 bits per heavy atom. The van der Waals surface area contributed by atoms with Crippen molar-refractivity contribution in [3.8, 4) is 5.75 Å². The van der Waals surface area contributed by atoms with E-state index < -0.39 is 0 Å². The third-order valence-corrected chi connectivity index (χ3v) is 4.41. The number of nitrogens with one attached hydrogen (secondary N) is 1. The molecule has 2 nitrogen and oxygen atoms in total. The Bertz CT molecular complexity index is 521. The summed E-state index contributed by atoms with van der Waals surface area (Å²) in [4.78, 5) is 2.77. The van der Waals surface area contributed by atoms with Crippen LogP contribution >= 0.6 is 11.3 Å². The van der Waals surface area contributed by atoms with E-state index >= 15 is 0 Å². The Morgan fingerprint density at radius 1 is 1.21 bits per heavy atom. The van der Waals surface area contributed by atoms with E-state index in [0.29, 0.717) is 6.04 Å². The van der Waals surface area contributed by atoms with Crippen molar-refractivity contribution >= 4 is 11.3 Å². The minimum Gasteiger partial charge on any atom is -0.496 e. The zero-order valence-electron chi connectivity index (χ0n) is 11.8. The van der Waals surface area contributed by atoms with E-state index in [2.05, 4.69) is 43.4 Å². The van der Waals surface area contributed by atoms with Crippen LogP contribution in [0.3, 0.4) is 0 Å². The molecule has 3 heteroatoms. The third kappa shape index (κ3) is 3.82. The minimum atomic E-state index is 0.411. The Labute approximate surface area is 119 Å². The summed E-state index contributed by atoms with van der Waals surface area (Å²) in [6.07, 6.45) is 0.985. The fourth-order valence-corrected chi connectivity index (χ4v) is 3.02. The van der Waals surface area contributed by atoms with Crippen molar-refractivity contribution in [2.75, 3.05) is 13.7 Å². The number of ether oxygens (including phenoxy) is 1. The number of aryl methyl sites for hydroxylation is 1. The standard InChI is InChI=1S/C16H21NOS/c1-12-8-9-16(19-12)13(2)17-11-10-14-6-4-5-7-15(14)18-3/h4-9,13,17H,10-11H2,1-3H3. The van der Waals surface area contributed by atoms with Gasteiger partial charge in [0.15, 0.2) is 0 Å². The summed E-state index contributed by atoms with van der Waals surface area (Å²) in [5, 5.41) is 3.57. The van der Waals surface area contributed by atoms with Crippen molar-refractivity contribution < 1.29 is 4.74 Å². The highest BCUT2D eigenvalue weighted by Gasteiger charge is 2.07. The molecule has 1 aromatic carbocycles. The first-order chi connectivity index (χ1) is 9.20. The number of thiophene rings is 1. The molecule has 2 aromatic rings. The summed E-state index contributed by atoms with van der Waals surface area (Å²) < 4.78 is 5.37. The molecule has 0 radical (unpaired) electrons. The van der Waals surface area contributed by atoms with E-state index in [1.807, 2.05) is 23.5 Å². The van der Waals surface area contributed by atoms with Crippen molar-refractivity contribution in [1.29, 1.82) is 0 Å². The van der Waals surface area contributed by atoms with Gasteiger partial charge in [-0.05, 0) is 50.6 Å². The molecule has 0 fully saturated rings. The lowest BCUT2D eigenvalue weighted by atomic mass is 10.1. The van der Waals surface area contributed by atoms with Crippen LogP contribution < -0.4 is 10.1 Å². The zero-order chi connectivity index (χ0) is 13.7. The summed E-state index contributed by atoms with van der Waals surface area (Å²) in [7, 11) is 1.73. The summed E-state index contributed by atoms with van der Waals surface area (Å²) in [6, 6.07) is 13.0. The van der Waals surface area contributed by atoms with Gasteiger partial charge in [0.1, 0.15) is 5.75 Å². The number of hydrogen-bond acceptors (Lipinski definition) is 3. The monoisotopic (exact) mass is 275 g/mol. The van der Waals surface area contributed by atoms with Crippen LogP contribution in [0.15, 0.2) is 36.4 Å². The first-order valence-corrected chi connectivity index (χ1v) is 7.44. The van der Waals surface area contributed by atoms with Crippen LogP contribution in [0, 0.1) is 6.92 Å². The van der Waals surface area contributed by atoms with E-state index in [0.717, 1.165) is 18.7 Å². The van der Waals surface area contributed by atoms with Gasteiger partial charge < -0.3 is 10.1 Å². The molecule has 1 unspecified atom stereocenters. The predicted octanol–water partition coefficient (Wildman–Crippen LogP) is 3.96. The van der Waals surface area contributed by atoms with Crippen molar-refractivity contribution in [2.24, 2.45) is 0 Å². The second-order valence-electron chi connectivity index (χ2n) is 4.69. The lowest BCUT2D eigenvalue weighted by molar-refractivity contribution is 0.408. The highest BCUT2D eigenvalue weighted by atomic mass is 32.1. The fraction of sp³-hybridized carbons (Fsp3) is 0.375. The van der Waals surface area contributed by atoms with Crippen LogP contribution in [0.2, 0.25) is 0 Å². The molecule has 1 N–H and O–H groups in total. The van der Waals surface area contributed by atoms with Gasteiger partial charge in [0.25, 0.3) is 0 Å². The van der Waals surface area contributed by atoms with Crippen LogP contribution in [-0.4, -0.2) is 13.7 Å². The second kappa shape index (κ2) is 6.73. The molecule has 0 bridgehead atoms. The molecule has 0 spiro atoms. The molecule has 1 atom stereocenters. The smallest absolute Gasteiger partial charge is 0.122 e. The average molecular weight is 275 g/mol. The molecule has 0 saturated heterocycles. The SMILES string of the molecule is COc1ccccc1CCNC(C)c1ccc(C)s1. The predicted molar refractivity (Wildman–Crippen MR) is 82.2 cm³/mol. The summed E-state index contributed by atoms with van der Waals surface area (Å²) in [5.74, 6) is 0.976. The van der Waals surface area contributed by atoms with Crippen molar-refractivity contribution in [3.63, 3.8) is 0 Å². The van der Waals surface area contributed by atoms with Gasteiger partial charge in [0.2, 0.25) is 0 Å². The molecule has 102 valence electrons. The molecule has 0 aliphatic heterocycles. The van der Waals surface area contributed by atoms with Crippen molar-refractivity contribution in [3.05, 3.63) is 51.7 Å². The normalized spacial score (nSPS) is 12.4. The molecule has 0 aliphatic rings. The first-order valence-electron chi connectivity index (χ1n) is 6.62. The second-order valence-corrected chi connectivity index (χ2v) is 6.01. The molecule has 1 aromatic heterocycles. The summed E-state index contributed by atoms with van der Waals surface area (Å²) >= 11 is 1.86. The van der Waals surface area contributed by atoms with Gasteiger partial charge in [0, 0.05) is 15.8 Å². The number of methoxy groups -OCH3 is 1. The Kier molecular flexibility index (Phi) is 5.00. The van der Waals surface area contributed by atoms with Gasteiger partial charge in [-0.15, -0.1) is 11.3 Å². The maximum Gasteiger partial charge on any atom is 0.122 e. The van der Waals surface area contributed by atoms with Crippen LogP contribution in [0.1, 0.15) is 28.3 Å². The van der Waals surface area contributed by atoms with Gasteiger partial charge in [-0.1, -0.05) is 18.2 Å². The van der Waals surface area contributed by atoms with Gasteiger partial charge in [-0.25, -0.2) is 0 Å². The molecule has 0 amide bonds. The third-order valence-electron chi connectivity index (χ3n) is 3.23. The highest BCUT2D eigenvalue weighted by Crippen LogP contribution is 2.22. The van der Waals surface area contributed by atoms with Crippen molar-refractivity contribution in [2.45, 2.75) is 26.3 Å².